The molecule has 0 aliphatic heterocycles. The van der Waals surface area contributed by atoms with Gasteiger partial charge in [0.05, 0.1) is 10.7 Å². The fourth-order valence-electron chi connectivity index (χ4n) is 1.17. The maximum atomic E-state index is 11.2. The maximum Gasteiger partial charge on any atom is 0.426 e. The lowest BCUT2D eigenvalue weighted by Crippen LogP contribution is -2.11. The molecule has 0 aliphatic carbocycles. The monoisotopic (exact) mass is 227 g/mol. The molecule has 2 aromatic rings. The van der Waals surface area contributed by atoms with Crippen LogP contribution >= 0.6 is 11.6 Å². The van der Waals surface area contributed by atoms with Crippen LogP contribution in [0.5, 0.6) is 11.6 Å². The third-order valence-electron chi connectivity index (χ3n) is 1.87. The highest BCUT2D eigenvalue weighted by Crippen LogP contribution is 2.26. The number of benzene rings is 1. The van der Waals surface area contributed by atoms with Gasteiger partial charge in [0.2, 0.25) is 5.88 Å². The number of aromatic nitrogens is 1. The van der Waals surface area contributed by atoms with E-state index in [9.17, 15) is 15.0 Å². The number of hydrogen-bond acceptors (Lipinski definition) is 4. The van der Waals surface area contributed by atoms with E-state index in [1.165, 1.54) is 18.2 Å². The van der Waals surface area contributed by atoms with Crippen molar-refractivity contribution in [2.75, 3.05) is 0 Å². The Morgan fingerprint density at radius 3 is 2.60 bits per heavy atom. The van der Waals surface area contributed by atoms with Crippen molar-refractivity contribution in [1.29, 1.82) is 0 Å². The summed E-state index contributed by atoms with van der Waals surface area (Å²) < 4.78 is 5.39. The maximum absolute atomic E-state index is 11.2. The number of hydrogen-bond donors (Lipinski definition) is 2. The first-order valence-corrected chi connectivity index (χ1v) is 4.36. The van der Waals surface area contributed by atoms with Gasteiger partial charge >= 0.3 is 5.76 Å². The molecule has 0 saturated carbocycles. The van der Waals surface area contributed by atoms with E-state index in [-0.39, 0.29) is 16.7 Å². The lowest BCUT2D eigenvalue weighted by atomic mass is 10.3. The molecule has 1 aromatic heterocycles. The highest BCUT2D eigenvalue weighted by Gasteiger charge is 2.10. The van der Waals surface area contributed by atoms with Crippen LogP contribution in [0.25, 0.3) is 5.69 Å². The first-order valence-electron chi connectivity index (χ1n) is 3.98. The molecule has 15 heavy (non-hydrogen) atoms. The smallest absolute Gasteiger partial charge is 0.426 e. The predicted octanol–water partition coefficient (Wildman–Crippen LogP) is 1.50. The zero-order valence-electron chi connectivity index (χ0n) is 7.35. The summed E-state index contributed by atoms with van der Waals surface area (Å²) in [5.74, 6) is -1.16. The molecule has 0 amide bonds. The molecule has 2 N–H and O–H groups in total. The highest BCUT2D eigenvalue weighted by atomic mass is 35.5. The van der Waals surface area contributed by atoms with Crippen LogP contribution in [-0.4, -0.2) is 14.8 Å². The normalized spacial score (nSPS) is 10.5. The molecule has 0 atom stereocenters. The van der Waals surface area contributed by atoms with E-state index in [1.54, 1.807) is 0 Å². The molecule has 0 aliphatic rings. The fraction of sp³-hybridized carbons (Fsp3) is 0. The number of halogens is 1. The summed E-state index contributed by atoms with van der Waals surface area (Å²) >= 11 is 5.66. The number of phenolic OH excluding ortho intramolecular Hbond substituents is 1. The SMILES string of the molecule is O=c1occ(O)n1-c1ccc(O)c(Cl)c1. The van der Waals surface area contributed by atoms with Gasteiger partial charge in [-0.1, -0.05) is 11.6 Å². The van der Waals surface area contributed by atoms with Crippen molar-refractivity contribution >= 4 is 11.6 Å². The topological polar surface area (TPSA) is 75.6 Å². The molecular weight excluding hydrogens is 222 g/mol. The van der Waals surface area contributed by atoms with Crippen molar-refractivity contribution in [3.63, 3.8) is 0 Å². The first-order chi connectivity index (χ1) is 7.09. The molecular formula is C9H6ClNO4. The van der Waals surface area contributed by atoms with E-state index >= 15 is 0 Å². The summed E-state index contributed by atoms with van der Waals surface area (Å²) in [6.07, 6.45) is 0.920. The van der Waals surface area contributed by atoms with Crippen LogP contribution in [0, 0.1) is 0 Å². The second-order valence-corrected chi connectivity index (χ2v) is 3.24. The fourth-order valence-corrected chi connectivity index (χ4v) is 1.35. The summed E-state index contributed by atoms with van der Waals surface area (Å²) in [7, 11) is 0. The van der Waals surface area contributed by atoms with Gasteiger partial charge in [0.1, 0.15) is 5.75 Å². The van der Waals surface area contributed by atoms with Gasteiger partial charge in [-0.15, -0.1) is 0 Å². The van der Waals surface area contributed by atoms with Gasteiger partial charge in [-0.3, -0.25) is 0 Å². The minimum atomic E-state index is -0.728. The molecule has 0 spiro atoms. The molecule has 6 heteroatoms. The molecule has 78 valence electrons. The molecule has 0 fully saturated rings. The number of nitrogens with zero attached hydrogens (tertiary/aromatic N) is 1. The van der Waals surface area contributed by atoms with Crippen LogP contribution in [0.1, 0.15) is 0 Å². The van der Waals surface area contributed by atoms with Crippen LogP contribution in [0.2, 0.25) is 5.02 Å². The van der Waals surface area contributed by atoms with Gasteiger partial charge in [-0.2, -0.15) is 0 Å². The van der Waals surface area contributed by atoms with E-state index in [2.05, 4.69) is 4.42 Å². The Morgan fingerprint density at radius 1 is 1.33 bits per heavy atom. The minimum absolute atomic E-state index is 0.0833. The number of rotatable bonds is 1. The van der Waals surface area contributed by atoms with Crippen LogP contribution in [0.3, 0.4) is 0 Å². The van der Waals surface area contributed by atoms with Gasteiger partial charge in [-0.05, 0) is 18.2 Å². The van der Waals surface area contributed by atoms with Crippen LogP contribution in [-0.2, 0) is 0 Å². The summed E-state index contributed by atoms with van der Waals surface area (Å²) in [5.41, 5.74) is 0.314. The second kappa shape index (κ2) is 3.36. The summed E-state index contributed by atoms with van der Waals surface area (Å²) in [6, 6.07) is 4.09. The molecule has 0 saturated heterocycles. The van der Waals surface area contributed by atoms with Crippen LogP contribution in [0.15, 0.2) is 33.7 Å². The van der Waals surface area contributed by atoms with E-state index < -0.39 is 5.76 Å². The van der Waals surface area contributed by atoms with Gasteiger partial charge < -0.3 is 14.6 Å². The Hall–Kier alpha value is -1.88. The molecule has 0 bridgehead atoms. The number of phenols is 1. The Labute approximate surface area is 88.8 Å². The number of oxazole rings is 1. The van der Waals surface area contributed by atoms with Gasteiger partial charge in [0, 0.05) is 0 Å². The van der Waals surface area contributed by atoms with Crippen molar-refractivity contribution in [3.05, 3.63) is 40.0 Å². The molecule has 1 aromatic carbocycles. The van der Waals surface area contributed by atoms with Crippen molar-refractivity contribution < 1.29 is 14.6 Å². The summed E-state index contributed by atoms with van der Waals surface area (Å²) in [4.78, 5) is 11.2. The zero-order chi connectivity index (χ0) is 11.0. The van der Waals surface area contributed by atoms with Crippen LogP contribution in [0.4, 0.5) is 0 Å². The Balaban J connectivity index is 2.65. The van der Waals surface area contributed by atoms with Crippen molar-refractivity contribution in [1.82, 2.24) is 4.57 Å². The average molecular weight is 228 g/mol. The lowest BCUT2D eigenvalue weighted by molar-refractivity contribution is 0.438. The largest absolute Gasteiger partial charge is 0.506 e. The van der Waals surface area contributed by atoms with Gasteiger partial charge in [0.15, 0.2) is 6.26 Å². The van der Waals surface area contributed by atoms with E-state index in [0.29, 0.717) is 5.69 Å². The molecule has 5 nitrogen and oxygen atoms in total. The predicted molar refractivity (Wildman–Crippen MR) is 52.6 cm³/mol. The Kier molecular flexibility index (Phi) is 2.17. The Bertz CT molecular complexity index is 557. The van der Waals surface area contributed by atoms with E-state index in [1.807, 2.05) is 0 Å². The molecule has 2 rings (SSSR count). The third-order valence-corrected chi connectivity index (χ3v) is 2.17. The Morgan fingerprint density at radius 2 is 2.07 bits per heavy atom. The van der Waals surface area contributed by atoms with Gasteiger partial charge in [0.25, 0.3) is 0 Å². The standard InChI is InChI=1S/C9H6ClNO4/c10-6-3-5(1-2-7(6)12)11-8(13)4-15-9(11)14/h1-4,12-13H. The lowest BCUT2D eigenvalue weighted by Gasteiger charge is -2.02. The molecule has 0 radical (unpaired) electrons. The van der Waals surface area contributed by atoms with Crippen molar-refractivity contribution in [3.8, 4) is 17.3 Å². The van der Waals surface area contributed by atoms with E-state index in [4.69, 9.17) is 11.6 Å². The summed E-state index contributed by atoms with van der Waals surface area (Å²) in [6.45, 7) is 0. The van der Waals surface area contributed by atoms with Gasteiger partial charge in [-0.25, -0.2) is 9.36 Å². The molecule has 0 unspecified atom stereocenters. The quantitative estimate of drug-likeness (QED) is 0.774. The molecule has 1 heterocycles. The third kappa shape index (κ3) is 1.57. The highest BCUT2D eigenvalue weighted by molar-refractivity contribution is 6.32. The zero-order valence-corrected chi connectivity index (χ0v) is 8.10. The van der Waals surface area contributed by atoms with Crippen molar-refractivity contribution in [2.45, 2.75) is 0 Å². The van der Waals surface area contributed by atoms with E-state index in [0.717, 1.165) is 10.8 Å². The summed E-state index contributed by atoms with van der Waals surface area (Å²) in [5, 5.41) is 18.6. The second-order valence-electron chi connectivity index (χ2n) is 2.83. The van der Waals surface area contributed by atoms with Crippen LogP contribution < -0.4 is 5.76 Å². The first kappa shape index (κ1) is 9.67. The minimum Gasteiger partial charge on any atom is -0.506 e. The number of aromatic hydroxyl groups is 2. The van der Waals surface area contributed by atoms with Crippen molar-refractivity contribution in [2.24, 2.45) is 0 Å². The average Bonchev–Trinajstić information content (AvgIpc) is 2.52.